The minimum Gasteiger partial charge on any atom is -0.257 e. The van der Waals surface area contributed by atoms with Crippen molar-refractivity contribution in [3.63, 3.8) is 0 Å². The third-order valence-corrected chi connectivity index (χ3v) is 14.7. The molecular formula is C72H42N8. The first kappa shape index (κ1) is 47.2. The molecule has 14 rings (SSSR count). The monoisotopic (exact) mass is 1020 g/mol. The molecule has 0 bridgehead atoms. The summed E-state index contributed by atoms with van der Waals surface area (Å²) in [7, 11) is 0. The zero-order valence-electron chi connectivity index (χ0n) is 42.8. The Kier molecular flexibility index (Phi) is 11.8. The third kappa shape index (κ3) is 8.25. The summed E-state index contributed by atoms with van der Waals surface area (Å²) >= 11 is 0. The number of fused-ring (bicyclic) bond motifs is 6. The van der Waals surface area contributed by atoms with Gasteiger partial charge in [0.2, 0.25) is 5.69 Å². The standard InChI is InChI=1S/C72H42N8/c1-74-72-65(54-41-39-52-56(46-24-10-3-11-25-46)43-63(48-28-14-5-15-29-48)78-69(52)71(54)80-67(72)50-32-18-7-19-33-50)61-37-21-35-59(76-61)58-34-20-36-60(75-58)64-53-40-38-51-55(45-22-8-2-9-23-45)42-62(47-26-12-4-13-27-47)77-68(51)70(53)79-66(57(64)44-73)49-30-16-6-17-31-49/h2-43H. The fourth-order valence-electron chi connectivity index (χ4n) is 11.0. The van der Waals surface area contributed by atoms with Crippen molar-refractivity contribution < 1.29 is 0 Å². The number of benzene rings is 8. The van der Waals surface area contributed by atoms with Crippen LogP contribution in [0.2, 0.25) is 0 Å². The van der Waals surface area contributed by atoms with E-state index >= 15 is 0 Å². The molecule has 0 spiro atoms. The maximum absolute atomic E-state index is 11.3. The Labute approximate surface area is 461 Å². The van der Waals surface area contributed by atoms with Gasteiger partial charge < -0.3 is 0 Å². The van der Waals surface area contributed by atoms with Gasteiger partial charge in [-0.05, 0) is 64.2 Å². The molecule has 8 nitrogen and oxygen atoms in total. The van der Waals surface area contributed by atoms with Crippen LogP contribution in [0.15, 0.2) is 255 Å². The first-order chi connectivity index (χ1) is 39.6. The number of nitriles is 1. The minimum atomic E-state index is 0.374. The van der Waals surface area contributed by atoms with Crippen molar-refractivity contribution in [2.45, 2.75) is 0 Å². The molecule has 0 unspecified atom stereocenters. The van der Waals surface area contributed by atoms with Gasteiger partial charge in [-0.2, -0.15) is 5.26 Å². The van der Waals surface area contributed by atoms with E-state index in [-0.39, 0.29) is 0 Å². The van der Waals surface area contributed by atoms with Crippen molar-refractivity contribution in [1.29, 1.82) is 5.26 Å². The Morgan fingerprint density at radius 1 is 0.300 bits per heavy atom. The van der Waals surface area contributed by atoms with Gasteiger partial charge in [0.15, 0.2) is 0 Å². The molecule has 0 aliphatic carbocycles. The molecule has 0 fully saturated rings. The van der Waals surface area contributed by atoms with Crippen LogP contribution >= 0.6 is 0 Å². The first-order valence-corrected chi connectivity index (χ1v) is 26.3. The van der Waals surface area contributed by atoms with E-state index in [9.17, 15) is 5.26 Å². The molecule has 0 N–H and O–H groups in total. The van der Waals surface area contributed by atoms with Crippen LogP contribution in [0.3, 0.4) is 0 Å². The van der Waals surface area contributed by atoms with Crippen molar-refractivity contribution in [1.82, 2.24) is 29.9 Å². The molecule has 0 radical (unpaired) electrons. The fraction of sp³-hybridized carbons (Fsp3) is 0. The quantitative estimate of drug-likeness (QED) is 0.105. The van der Waals surface area contributed by atoms with Crippen LogP contribution in [-0.2, 0) is 0 Å². The van der Waals surface area contributed by atoms with Crippen LogP contribution in [0.25, 0.3) is 150 Å². The third-order valence-electron chi connectivity index (χ3n) is 14.7. The molecule has 0 aliphatic rings. The van der Waals surface area contributed by atoms with Crippen molar-refractivity contribution in [3.05, 3.63) is 272 Å². The van der Waals surface area contributed by atoms with E-state index in [0.717, 1.165) is 77.4 Å². The molecule has 14 aromatic rings. The molecule has 0 aliphatic heterocycles. The summed E-state index contributed by atoms with van der Waals surface area (Å²) < 4.78 is 0. The zero-order chi connectivity index (χ0) is 53.5. The van der Waals surface area contributed by atoms with Crippen LogP contribution in [0.4, 0.5) is 5.69 Å². The van der Waals surface area contributed by atoms with E-state index in [1.807, 2.05) is 176 Å². The Balaban J connectivity index is 0.991. The highest BCUT2D eigenvalue weighted by atomic mass is 14.9. The second-order valence-corrected chi connectivity index (χ2v) is 19.5. The number of pyridine rings is 6. The summed E-state index contributed by atoms with van der Waals surface area (Å²) in [5, 5.41) is 14.7. The number of hydrogen-bond acceptors (Lipinski definition) is 7. The van der Waals surface area contributed by atoms with Gasteiger partial charge >= 0.3 is 0 Å². The number of rotatable bonds is 9. The largest absolute Gasteiger partial charge is 0.257 e. The minimum absolute atomic E-state index is 0.374. The molecule has 0 amide bonds. The van der Waals surface area contributed by atoms with E-state index in [1.165, 1.54) is 0 Å². The predicted molar refractivity (Wildman–Crippen MR) is 323 cm³/mol. The highest BCUT2D eigenvalue weighted by molar-refractivity contribution is 6.17. The molecule has 6 heterocycles. The summed E-state index contributed by atoms with van der Waals surface area (Å²) in [6.07, 6.45) is 0. The first-order valence-electron chi connectivity index (χ1n) is 26.3. The van der Waals surface area contributed by atoms with E-state index < -0.39 is 0 Å². The lowest BCUT2D eigenvalue weighted by Gasteiger charge is -2.17. The second kappa shape index (κ2) is 20.0. The van der Waals surface area contributed by atoms with Crippen LogP contribution in [0.5, 0.6) is 0 Å². The zero-order valence-corrected chi connectivity index (χ0v) is 42.8. The van der Waals surface area contributed by atoms with Gasteiger partial charge in [-0.15, -0.1) is 0 Å². The van der Waals surface area contributed by atoms with E-state index in [0.29, 0.717) is 78.6 Å². The number of hydrogen-bond donors (Lipinski definition) is 0. The average molecular weight is 1020 g/mol. The molecule has 0 saturated carbocycles. The lowest BCUT2D eigenvalue weighted by molar-refractivity contribution is 1.25. The van der Waals surface area contributed by atoms with E-state index in [1.54, 1.807) is 0 Å². The van der Waals surface area contributed by atoms with Crippen molar-refractivity contribution in [2.24, 2.45) is 0 Å². The van der Waals surface area contributed by atoms with Crippen LogP contribution < -0.4 is 0 Å². The molecule has 370 valence electrons. The smallest absolute Gasteiger partial charge is 0.222 e. The maximum Gasteiger partial charge on any atom is 0.222 e. The molecule has 8 heteroatoms. The second-order valence-electron chi connectivity index (χ2n) is 19.5. The topological polar surface area (TPSA) is 105 Å². The SMILES string of the molecule is [C-]#[N+]c1c(-c2ccccc2)nc2c(ccc3c(-c4ccccc4)cc(-c4ccccc4)nc32)c1-c1cccc(-c2cccc(-c3c(C#N)c(-c4ccccc4)nc4c3ccc3c(-c5ccccc5)cc(-c5ccccc5)nc34)n2)n1. The van der Waals surface area contributed by atoms with Crippen LogP contribution in [0.1, 0.15) is 5.56 Å². The Hall–Kier alpha value is -11.3. The molecule has 6 aromatic heterocycles. The van der Waals surface area contributed by atoms with Crippen molar-refractivity contribution >= 4 is 49.3 Å². The summed E-state index contributed by atoms with van der Waals surface area (Å²) in [6, 6.07) is 87.6. The Bertz CT molecular complexity index is 4500. The normalized spacial score (nSPS) is 11.2. The van der Waals surface area contributed by atoms with Crippen molar-refractivity contribution in [2.75, 3.05) is 0 Å². The molecule has 8 aromatic carbocycles. The number of nitrogens with zero attached hydrogens (tertiary/aromatic N) is 8. The Morgan fingerprint density at radius 2 is 0.650 bits per heavy atom. The van der Waals surface area contributed by atoms with Crippen molar-refractivity contribution in [3.8, 4) is 107 Å². The summed E-state index contributed by atoms with van der Waals surface area (Å²) in [4.78, 5) is 36.6. The van der Waals surface area contributed by atoms with Gasteiger partial charge in [0.1, 0.15) is 6.07 Å². The molecule has 0 atom stereocenters. The van der Waals surface area contributed by atoms with Crippen LogP contribution in [-0.4, -0.2) is 29.9 Å². The Morgan fingerprint density at radius 3 is 1.09 bits per heavy atom. The van der Waals surface area contributed by atoms with E-state index in [4.69, 9.17) is 36.5 Å². The highest BCUT2D eigenvalue weighted by Gasteiger charge is 2.26. The highest BCUT2D eigenvalue weighted by Crippen LogP contribution is 2.47. The van der Waals surface area contributed by atoms with Gasteiger partial charge in [0.05, 0.1) is 79.8 Å². The summed E-state index contributed by atoms with van der Waals surface area (Å²) in [5.74, 6) is 0. The van der Waals surface area contributed by atoms with Gasteiger partial charge in [0.25, 0.3) is 0 Å². The van der Waals surface area contributed by atoms with Gasteiger partial charge in [-0.25, -0.2) is 29.8 Å². The molecular weight excluding hydrogens is 977 g/mol. The lowest BCUT2D eigenvalue weighted by atomic mass is 9.92. The maximum atomic E-state index is 11.3. The van der Waals surface area contributed by atoms with Gasteiger partial charge in [0, 0.05) is 49.4 Å². The van der Waals surface area contributed by atoms with E-state index in [2.05, 4.69) is 89.8 Å². The van der Waals surface area contributed by atoms with Gasteiger partial charge in [-0.3, -0.25) is 4.98 Å². The predicted octanol–water partition coefficient (Wildman–Crippen LogP) is 18.1. The molecule has 0 saturated heterocycles. The van der Waals surface area contributed by atoms with Gasteiger partial charge in [-0.1, -0.05) is 218 Å². The number of aromatic nitrogens is 6. The average Bonchev–Trinajstić information content (AvgIpc) is 3.64. The lowest BCUT2D eigenvalue weighted by Crippen LogP contribution is -2.01. The fourth-order valence-corrected chi connectivity index (χ4v) is 11.0. The summed E-state index contributed by atoms with van der Waals surface area (Å²) in [6.45, 7) is 8.83. The van der Waals surface area contributed by atoms with Crippen LogP contribution in [0, 0.1) is 17.9 Å². The summed E-state index contributed by atoms with van der Waals surface area (Å²) in [5.41, 5.74) is 17.5. The molecule has 80 heavy (non-hydrogen) atoms.